The maximum atomic E-state index is 2.87. The molecule has 0 atom stereocenters. The molecule has 0 saturated carbocycles. The van der Waals surface area contributed by atoms with Gasteiger partial charge in [0.05, 0.1) is 0 Å². The molecule has 2 rings (SSSR count). The van der Waals surface area contributed by atoms with Gasteiger partial charge in [-0.1, -0.05) is 0 Å². The van der Waals surface area contributed by atoms with Crippen molar-refractivity contribution in [3.8, 4) is 0 Å². The van der Waals surface area contributed by atoms with E-state index in [-0.39, 0.29) is 0 Å². The van der Waals surface area contributed by atoms with Gasteiger partial charge < -0.3 is 0 Å². The predicted octanol–water partition coefficient (Wildman–Crippen LogP) is 4.48. The Morgan fingerprint density at radius 2 is 0.905 bits per heavy atom. The molecule has 3 heteroatoms. The Labute approximate surface area is 136 Å². The van der Waals surface area contributed by atoms with Gasteiger partial charge in [-0.25, -0.2) is 0 Å². The molecule has 0 aliphatic heterocycles. The van der Waals surface area contributed by atoms with Crippen molar-refractivity contribution < 1.29 is 20.5 Å². The Hall–Kier alpha value is -0.250. The van der Waals surface area contributed by atoms with Crippen molar-refractivity contribution in [1.82, 2.24) is 5.78 Å². The Morgan fingerprint density at radius 3 is 1.14 bits per heavy atom. The van der Waals surface area contributed by atoms with E-state index in [9.17, 15) is 0 Å². The predicted molar refractivity (Wildman–Crippen MR) is 89.9 cm³/mol. The average molecular weight is 453 g/mol. The molecule has 0 heterocycles. The maximum absolute atomic E-state index is 3.00. The zero-order valence-electron chi connectivity index (χ0n) is 14.0. The summed E-state index contributed by atoms with van der Waals surface area (Å²) in [4.78, 5) is 0. The third kappa shape index (κ3) is 2.97. The fraction of sp³-hybridized carbons (Fsp3) is 0.556. The Kier molecular flexibility index (Phi) is 6.39. The van der Waals surface area contributed by atoms with Gasteiger partial charge in [0.25, 0.3) is 0 Å². The molecule has 0 radical (unpaired) electrons. The topological polar surface area (TPSA) is 6.48 Å². The Bertz CT molecular complexity index is 376. The molecular weight excluding hydrogens is 423 g/mol. The molecule has 0 N–H and O–H groups in total. The number of hydrogen-bond acceptors (Lipinski definition) is 2. The monoisotopic (exact) mass is 454 g/mol. The molecule has 2 nitrogen and oxygen atoms in total. The molecule has 0 bridgehead atoms. The molecule has 0 aromatic rings. The van der Waals surface area contributed by atoms with E-state index < -0.39 is 20.5 Å². The Balaban J connectivity index is 2.56. The SMILES string of the molecule is CC[N](CC)[Hf]([CH]1C=CC=C1)([CH]1C=CC=C1)[N](CC)CC. The molecule has 0 spiro atoms. The van der Waals surface area contributed by atoms with E-state index in [1.165, 1.54) is 26.2 Å². The summed E-state index contributed by atoms with van der Waals surface area (Å²) >= 11 is -3.00. The molecule has 0 amide bonds. The fourth-order valence-electron chi connectivity index (χ4n) is 4.16. The van der Waals surface area contributed by atoms with Crippen LogP contribution in [0.2, 0.25) is 7.35 Å². The number of rotatable bonds is 8. The first kappa shape index (κ1) is 17.1. The van der Waals surface area contributed by atoms with Crippen LogP contribution >= 0.6 is 0 Å². The average Bonchev–Trinajstić information content (AvgIpc) is 3.21. The van der Waals surface area contributed by atoms with Crippen LogP contribution in [0.25, 0.3) is 0 Å². The van der Waals surface area contributed by atoms with Gasteiger partial charge in [-0.05, 0) is 0 Å². The summed E-state index contributed by atoms with van der Waals surface area (Å²) < 4.78 is 7.06. The van der Waals surface area contributed by atoms with Crippen molar-refractivity contribution in [2.45, 2.75) is 35.0 Å². The van der Waals surface area contributed by atoms with Crippen LogP contribution in [0.15, 0.2) is 48.6 Å². The van der Waals surface area contributed by atoms with Gasteiger partial charge in [-0.15, -0.1) is 0 Å². The molecule has 0 saturated heterocycles. The van der Waals surface area contributed by atoms with Gasteiger partial charge in [-0.2, -0.15) is 0 Å². The van der Waals surface area contributed by atoms with Crippen molar-refractivity contribution in [2.24, 2.45) is 0 Å². The van der Waals surface area contributed by atoms with Crippen molar-refractivity contribution in [1.29, 1.82) is 0 Å². The molecule has 116 valence electrons. The standard InChI is InChI=1S/2C5H5.2C4H10N.Hf/c2*1-2-4-5-3-1;2*1-3-5-4-2;/h2*1-5H;2*3-4H2,1-2H3;/q;;2*-1;+2. The van der Waals surface area contributed by atoms with Gasteiger partial charge in [0.1, 0.15) is 0 Å². The molecule has 2 aliphatic rings. The molecule has 0 fully saturated rings. The van der Waals surface area contributed by atoms with Gasteiger partial charge in [-0.3, -0.25) is 0 Å². The molecule has 0 aromatic carbocycles. The van der Waals surface area contributed by atoms with Gasteiger partial charge in [0.2, 0.25) is 0 Å². The quantitative estimate of drug-likeness (QED) is 0.501. The van der Waals surface area contributed by atoms with Crippen molar-refractivity contribution in [3.63, 3.8) is 0 Å². The van der Waals surface area contributed by atoms with Crippen molar-refractivity contribution >= 4 is 0 Å². The zero-order chi connectivity index (χ0) is 15.3. The second-order valence-corrected chi connectivity index (χ2v) is 20.7. The number of allylic oxidation sites excluding steroid dienone is 8. The molecule has 21 heavy (non-hydrogen) atoms. The van der Waals surface area contributed by atoms with E-state index >= 15 is 0 Å². The van der Waals surface area contributed by atoms with Crippen LogP contribution in [0.3, 0.4) is 0 Å². The second kappa shape index (κ2) is 7.85. The number of nitrogens with zero attached hydrogens (tertiary/aromatic N) is 2. The molecule has 2 aliphatic carbocycles. The van der Waals surface area contributed by atoms with Gasteiger partial charge in [0, 0.05) is 0 Å². The molecule has 0 unspecified atom stereocenters. The third-order valence-corrected chi connectivity index (χ3v) is 26.7. The van der Waals surface area contributed by atoms with Gasteiger partial charge >= 0.3 is 136 Å². The third-order valence-electron chi connectivity index (χ3n) is 5.02. The summed E-state index contributed by atoms with van der Waals surface area (Å²) in [6, 6.07) is 0. The summed E-state index contributed by atoms with van der Waals surface area (Å²) in [5, 5.41) is 0. The van der Waals surface area contributed by atoms with Crippen LogP contribution in [-0.4, -0.2) is 32.0 Å². The van der Waals surface area contributed by atoms with Crippen LogP contribution < -0.4 is 0 Å². The molecular formula is C18H30HfN2. The van der Waals surface area contributed by atoms with E-state index in [0.29, 0.717) is 7.35 Å². The van der Waals surface area contributed by atoms with Crippen molar-refractivity contribution in [2.75, 3.05) is 26.2 Å². The van der Waals surface area contributed by atoms with E-state index in [1.807, 2.05) is 0 Å². The normalized spacial score (nSPS) is 19.0. The summed E-state index contributed by atoms with van der Waals surface area (Å²) in [5.74, 6) is 0. The minimum absolute atomic E-state index is 0.662. The van der Waals surface area contributed by atoms with E-state index in [0.717, 1.165) is 0 Å². The van der Waals surface area contributed by atoms with Crippen LogP contribution in [0.5, 0.6) is 0 Å². The van der Waals surface area contributed by atoms with Crippen LogP contribution in [0.1, 0.15) is 27.7 Å². The van der Waals surface area contributed by atoms with Crippen LogP contribution in [-0.2, 0) is 20.5 Å². The van der Waals surface area contributed by atoms with E-state index in [1.54, 1.807) is 0 Å². The van der Waals surface area contributed by atoms with E-state index in [4.69, 9.17) is 0 Å². The summed E-state index contributed by atoms with van der Waals surface area (Å²) in [5.41, 5.74) is 0. The second-order valence-electron chi connectivity index (χ2n) is 5.72. The summed E-state index contributed by atoms with van der Waals surface area (Å²) in [7, 11) is 0. The molecule has 0 aromatic heterocycles. The van der Waals surface area contributed by atoms with Crippen LogP contribution in [0, 0.1) is 0 Å². The summed E-state index contributed by atoms with van der Waals surface area (Å²) in [6.45, 7) is 14.0. The van der Waals surface area contributed by atoms with Crippen LogP contribution in [0.4, 0.5) is 0 Å². The fourth-order valence-corrected chi connectivity index (χ4v) is 26.2. The van der Waals surface area contributed by atoms with E-state index in [2.05, 4.69) is 82.1 Å². The van der Waals surface area contributed by atoms with Gasteiger partial charge in [0.15, 0.2) is 0 Å². The minimum atomic E-state index is -3.00. The first-order chi connectivity index (χ1) is 10.2. The van der Waals surface area contributed by atoms with Crippen molar-refractivity contribution in [3.05, 3.63) is 48.6 Å². The Morgan fingerprint density at radius 1 is 0.619 bits per heavy atom. The summed E-state index contributed by atoms with van der Waals surface area (Å²) in [6.07, 6.45) is 18.9. The zero-order valence-corrected chi connectivity index (χ0v) is 17.6. The first-order valence-corrected chi connectivity index (χ1v) is 15.8. The first-order valence-electron chi connectivity index (χ1n) is 8.45. The number of hydrogen-bond donors (Lipinski definition) is 0.